The van der Waals surface area contributed by atoms with E-state index in [1.54, 1.807) is 0 Å². The zero-order valence-electron chi connectivity index (χ0n) is 14.3. The number of rotatable bonds is 2. The summed E-state index contributed by atoms with van der Waals surface area (Å²) in [4.78, 5) is 5.29. The highest BCUT2D eigenvalue weighted by Crippen LogP contribution is 2.48. The molecule has 0 aromatic carbocycles. The van der Waals surface area contributed by atoms with Gasteiger partial charge < -0.3 is 0 Å². The zero-order valence-corrected chi connectivity index (χ0v) is 14.3. The maximum absolute atomic E-state index is 2.66. The van der Waals surface area contributed by atoms with Crippen molar-refractivity contribution >= 4 is 0 Å². The van der Waals surface area contributed by atoms with Crippen LogP contribution in [0.25, 0.3) is 0 Å². The van der Waals surface area contributed by atoms with Crippen molar-refractivity contribution in [3.05, 3.63) is 0 Å². The molecule has 0 bridgehead atoms. The quantitative estimate of drug-likeness (QED) is 0.696. The average molecular weight is 270 g/mol. The molecule has 2 aliphatic heterocycles. The molecule has 5 atom stereocenters. The lowest BCUT2D eigenvalue weighted by atomic mass is 10.2. The predicted octanol–water partition coefficient (Wildman–Crippen LogP) is 1.20. The van der Waals surface area contributed by atoms with E-state index in [-0.39, 0.29) is 5.91 Å². The van der Waals surface area contributed by atoms with Crippen LogP contribution in [-0.2, 0) is 0 Å². The van der Waals surface area contributed by atoms with Gasteiger partial charge in [-0.15, -0.1) is 0 Å². The smallest absolute Gasteiger partial charge is 0.244 e. The minimum Gasteiger partial charge on any atom is -0.244 e. The van der Waals surface area contributed by atoms with Gasteiger partial charge in [0.2, 0.25) is 0 Å². The van der Waals surface area contributed by atoms with Crippen LogP contribution in [0.4, 0.5) is 0 Å². The van der Waals surface area contributed by atoms with Gasteiger partial charge in [-0.1, -0.05) is 0 Å². The van der Waals surface area contributed by atoms with Crippen LogP contribution in [0, 0.1) is 0 Å². The summed E-state index contributed by atoms with van der Waals surface area (Å²) >= 11 is 0. The van der Waals surface area contributed by atoms with Crippen molar-refractivity contribution in [2.24, 2.45) is 0 Å². The summed E-state index contributed by atoms with van der Waals surface area (Å²) in [7, 11) is 9.59. The van der Waals surface area contributed by atoms with Crippen molar-refractivity contribution < 1.29 is 8.97 Å². The molecule has 0 aromatic rings. The largest absolute Gasteiger partial charge is 0.356 e. The van der Waals surface area contributed by atoms with E-state index in [4.69, 9.17) is 0 Å². The van der Waals surface area contributed by atoms with Gasteiger partial charge in [-0.25, -0.2) is 8.97 Å². The van der Waals surface area contributed by atoms with Crippen LogP contribution in [0.1, 0.15) is 27.7 Å². The van der Waals surface area contributed by atoms with Crippen LogP contribution in [-0.4, -0.2) is 91.1 Å². The van der Waals surface area contributed by atoms with E-state index < -0.39 is 0 Å². The van der Waals surface area contributed by atoms with E-state index in [2.05, 4.69) is 65.7 Å². The molecule has 2 rings (SSSR count). The Labute approximate surface area is 119 Å². The van der Waals surface area contributed by atoms with Crippen molar-refractivity contribution in [2.45, 2.75) is 45.7 Å². The van der Waals surface area contributed by atoms with Crippen LogP contribution in [0.2, 0.25) is 0 Å². The second-order valence-corrected chi connectivity index (χ2v) is 7.27. The molecule has 0 aromatic heterocycles. The summed E-state index contributed by atoms with van der Waals surface area (Å²) in [6.07, 6.45) is 0. The van der Waals surface area contributed by atoms with Crippen molar-refractivity contribution in [3.8, 4) is 0 Å². The second kappa shape index (κ2) is 4.42. The van der Waals surface area contributed by atoms with Gasteiger partial charge in [0.05, 0.1) is 39.8 Å². The van der Waals surface area contributed by atoms with Crippen molar-refractivity contribution in [3.63, 3.8) is 0 Å². The third kappa shape index (κ3) is 1.49. The predicted molar refractivity (Wildman–Crippen MR) is 80.4 cm³/mol. The highest BCUT2D eigenvalue weighted by atomic mass is 15.8. The van der Waals surface area contributed by atoms with Gasteiger partial charge in [-0.2, -0.15) is 9.80 Å². The summed E-state index contributed by atoms with van der Waals surface area (Å²) in [5.74, 6) is 0.0995. The van der Waals surface area contributed by atoms with Crippen molar-refractivity contribution in [1.82, 2.24) is 9.80 Å². The molecule has 0 aliphatic carbocycles. The van der Waals surface area contributed by atoms with Gasteiger partial charge in [-0.3, -0.25) is 0 Å². The first-order chi connectivity index (χ1) is 8.71. The normalized spacial score (nSPS) is 52.4. The van der Waals surface area contributed by atoms with E-state index in [1.807, 2.05) is 0 Å². The Hall–Kier alpha value is -0.160. The molecular weight excluding hydrogens is 236 g/mol. The monoisotopic (exact) mass is 270 g/mol. The topological polar surface area (TPSA) is 6.48 Å². The van der Waals surface area contributed by atoms with Crippen LogP contribution in [0.5, 0.6) is 0 Å². The van der Waals surface area contributed by atoms with Gasteiger partial charge in [0.25, 0.3) is 0 Å². The van der Waals surface area contributed by atoms with E-state index in [0.29, 0.717) is 12.1 Å². The second-order valence-electron chi connectivity index (χ2n) is 7.27. The maximum Gasteiger partial charge on any atom is 0.356 e. The lowest BCUT2D eigenvalue weighted by Gasteiger charge is -2.55. The standard InChI is InChI=1S/C15H34N4/c1-9-18(7)12-13(3)17(6)15(18)16(5)11-14(4)19(15,8)10-2/h13-14H,9-12H2,1-8H3/q+2/t13?,14?,15?,18-,19-/m1/s1. The SMILES string of the molecule is CC[N@+]1(C)CC(C)N(C)C12N(C)CC(C)[N@@+]2(C)CC. The lowest BCUT2D eigenvalue weighted by Crippen LogP contribution is -2.81. The van der Waals surface area contributed by atoms with Crippen LogP contribution in [0.3, 0.4) is 0 Å². The Morgan fingerprint density at radius 3 is 2.16 bits per heavy atom. The van der Waals surface area contributed by atoms with Gasteiger partial charge in [0.1, 0.15) is 12.6 Å². The molecule has 2 heterocycles. The van der Waals surface area contributed by atoms with Gasteiger partial charge >= 0.3 is 5.91 Å². The Balaban J connectivity index is 2.65. The Bertz CT molecular complexity index is 360. The molecule has 0 saturated carbocycles. The first-order valence-corrected chi connectivity index (χ1v) is 7.85. The number of hydrogen-bond donors (Lipinski definition) is 0. The van der Waals surface area contributed by atoms with Crippen LogP contribution < -0.4 is 0 Å². The molecular formula is C15H34N4+2. The van der Waals surface area contributed by atoms with E-state index in [1.165, 1.54) is 26.2 Å². The molecule has 0 amide bonds. The number of likely N-dealkylation sites (N-methyl/N-ethyl adjacent to an activating group) is 4. The van der Waals surface area contributed by atoms with Crippen LogP contribution in [0.15, 0.2) is 0 Å². The van der Waals surface area contributed by atoms with E-state index >= 15 is 0 Å². The molecule has 0 radical (unpaired) electrons. The molecule has 3 unspecified atom stereocenters. The fourth-order valence-electron chi connectivity index (χ4n) is 5.35. The lowest BCUT2D eigenvalue weighted by molar-refractivity contribution is -1.16. The fourth-order valence-corrected chi connectivity index (χ4v) is 5.35. The molecule has 0 N–H and O–H groups in total. The van der Waals surface area contributed by atoms with Gasteiger partial charge in [0.15, 0.2) is 0 Å². The Kier molecular flexibility index (Phi) is 3.54. The van der Waals surface area contributed by atoms with E-state index in [0.717, 1.165) is 8.97 Å². The Morgan fingerprint density at radius 1 is 1.11 bits per heavy atom. The average Bonchev–Trinajstić information content (AvgIpc) is 2.69. The first kappa shape index (κ1) is 15.2. The van der Waals surface area contributed by atoms with E-state index in [9.17, 15) is 0 Å². The van der Waals surface area contributed by atoms with Gasteiger partial charge in [-0.05, 0) is 27.7 Å². The molecule has 19 heavy (non-hydrogen) atoms. The highest BCUT2D eigenvalue weighted by molar-refractivity contribution is 4.89. The summed E-state index contributed by atoms with van der Waals surface area (Å²) in [5.41, 5.74) is 0. The number of nitrogens with zero attached hydrogens (tertiary/aromatic N) is 4. The molecule has 4 nitrogen and oxygen atoms in total. The minimum absolute atomic E-state index is 0.0995. The Morgan fingerprint density at radius 2 is 1.68 bits per heavy atom. The maximum atomic E-state index is 2.66. The summed E-state index contributed by atoms with van der Waals surface area (Å²) in [6, 6.07) is 1.33. The van der Waals surface area contributed by atoms with Crippen molar-refractivity contribution in [1.29, 1.82) is 0 Å². The van der Waals surface area contributed by atoms with Gasteiger partial charge in [0, 0.05) is 14.1 Å². The highest BCUT2D eigenvalue weighted by Gasteiger charge is 2.76. The minimum atomic E-state index is 0.0995. The summed E-state index contributed by atoms with van der Waals surface area (Å²) < 4.78 is 2.27. The molecule has 112 valence electrons. The molecule has 2 saturated heterocycles. The third-order valence-electron chi connectivity index (χ3n) is 6.59. The molecule has 1 spiro atoms. The molecule has 4 heteroatoms. The first-order valence-electron chi connectivity index (χ1n) is 7.85. The summed E-state index contributed by atoms with van der Waals surface area (Å²) in [5, 5.41) is 0. The summed E-state index contributed by atoms with van der Waals surface area (Å²) in [6.45, 7) is 14.3. The zero-order chi connectivity index (χ0) is 14.6. The number of quaternary nitrogens is 2. The van der Waals surface area contributed by atoms with Crippen LogP contribution >= 0.6 is 0 Å². The molecule has 2 fully saturated rings. The fraction of sp³-hybridized carbons (Fsp3) is 1.00. The molecule has 2 aliphatic rings. The van der Waals surface area contributed by atoms with Crippen molar-refractivity contribution in [2.75, 3.05) is 54.4 Å². The third-order valence-corrected chi connectivity index (χ3v) is 6.59. The number of hydrogen-bond acceptors (Lipinski definition) is 2.